The molecule has 0 saturated heterocycles. The first-order valence-electron chi connectivity index (χ1n) is 7.02. The number of nitrogens with zero attached hydrogens (tertiary/aromatic N) is 1. The van der Waals surface area contributed by atoms with Crippen molar-refractivity contribution in [3.8, 4) is 5.75 Å². The van der Waals surface area contributed by atoms with E-state index < -0.39 is 5.60 Å². The van der Waals surface area contributed by atoms with Gasteiger partial charge in [0.1, 0.15) is 11.4 Å². The lowest BCUT2D eigenvalue weighted by molar-refractivity contribution is 0.0766. The highest BCUT2D eigenvalue weighted by molar-refractivity contribution is 6.17. The summed E-state index contributed by atoms with van der Waals surface area (Å²) in [6.07, 6.45) is 3.77. The maximum absolute atomic E-state index is 11.1. The second-order valence-electron chi connectivity index (χ2n) is 5.24. The highest BCUT2D eigenvalue weighted by Crippen LogP contribution is 2.34. The van der Waals surface area contributed by atoms with Gasteiger partial charge in [0.2, 0.25) is 0 Å². The molecule has 0 spiro atoms. The van der Waals surface area contributed by atoms with Gasteiger partial charge in [0.25, 0.3) is 0 Å². The lowest BCUT2D eigenvalue weighted by Crippen LogP contribution is -2.28. The Morgan fingerprint density at radius 3 is 2.52 bits per heavy atom. The molecule has 0 aliphatic carbocycles. The molecule has 0 radical (unpaired) electrons. The number of ether oxygens (including phenoxy) is 1. The number of pyridine rings is 1. The van der Waals surface area contributed by atoms with Crippen LogP contribution >= 0.6 is 11.6 Å². The predicted molar refractivity (Wildman–Crippen MR) is 84.8 cm³/mol. The van der Waals surface area contributed by atoms with Crippen LogP contribution in [0.4, 0.5) is 0 Å². The Morgan fingerprint density at radius 1 is 1.19 bits per heavy atom. The second kappa shape index (κ2) is 6.92. The summed E-state index contributed by atoms with van der Waals surface area (Å²) >= 11 is 5.90. The molecule has 0 aliphatic heterocycles. The zero-order valence-electron chi connectivity index (χ0n) is 12.3. The summed E-state index contributed by atoms with van der Waals surface area (Å²) in [6, 6.07) is 11.3. The summed E-state index contributed by atoms with van der Waals surface area (Å²) in [5.41, 5.74) is 0.327. The van der Waals surface area contributed by atoms with Gasteiger partial charge in [-0.25, -0.2) is 0 Å². The minimum atomic E-state index is -1.16. The van der Waals surface area contributed by atoms with Crippen LogP contribution in [0.1, 0.15) is 31.4 Å². The summed E-state index contributed by atoms with van der Waals surface area (Å²) < 4.78 is 5.66. The molecule has 1 aromatic heterocycles. The van der Waals surface area contributed by atoms with E-state index in [2.05, 4.69) is 4.98 Å². The zero-order chi connectivity index (χ0) is 15.3. The van der Waals surface area contributed by atoms with Gasteiger partial charge in [-0.15, -0.1) is 11.6 Å². The van der Waals surface area contributed by atoms with Gasteiger partial charge < -0.3 is 9.84 Å². The van der Waals surface area contributed by atoms with Gasteiger partial charge in [-0.2, -0.15) is 0 Å². The Morgan fingerprint density at radius 2 is 1.90 bits per heavy atom. The zero-order valence-corrected chi connectivity index (χ0v) is 13.0. The van der Waals surface area contributed by atoms with E-state index >= 15 is 0 Å². The fourth-order valence-corrected chi connectivity index (χ4v) is 2.56. The van der Waals surface area contributed by atoms with Crippen molar-refractivity contribution in [2.24, 2.45) is 0 Å². The van der Waals surface area contributed by atoms with E-state index in [-0.39, 0.29) is 6.10 Å². The van der Waals surface area contributed by atoms with Crippen LogP contribution in [0.25, 0.3) is 0 Å². The molecule has 0 fully saturated rings. The SMILES string of the molecule is CC(C)Oc1cncc(C(O)(CCCl)c2ccccc2)c1. The number of aromatic nitrogens is 1. The lowest BCUT2D eigenvalue weighted by Gasteiger charge is -2.28. The van der Waals surface area contributed by atoms with Gasteiger partial charge in [-0.05, 0) is 31.9 Å². The van der Waals surface area contributed by atoms with Gasteiger partial charge in [0.15, 0.2) is 0 Å². The van der Waals surface area contributed by atoms with Gasteiger partial charge >= 0.3 is 0 Å². The van der Waals surface area contributed by atoms with Crippen LogP contribution in [-0.4, -0.2) is 22.1 Å². The van der Waals surface area contributed by atoms with Crippen LogP contribution in [-0.2, 0) is 5.60 Å². The number of rotatable bonds is 6. The van der Waals surface area contributed by atoms with Crippen LogP contribution in [0.15, 0.2) is 48.8 Å². The number of aliphatic hydroxyl groups is 1. The number of benzene rings is 1. The van der Waals surface area contributed by atoms with Crippen LogP contribution in [0.3, 0.4) is 0 Å². The molecule has 21 heavy (non-hydrogen) atoms. The van der Waals surface area contributed by atoms with E-state index in [4.69, 9.17) is 16.3 Å². The van der Waals surface area contributed by atoms with Crippen molar-refractivity contribution in [3.63, 3.8) is 0 Å². The first-order valence-corrected chi connectivity index (χ1v) is 7.56. The Hall–Kier alpha value is -1.58. The minimum Gasteiger partial charge on any atom is -0.489 e. The minimum absolute atomic E-state index is 0.0555. The normalized spacial score (nSPS) is 14.0. The second-order valence-corrected chi connectivity index (χ2v) is 5.62. The fourth-order valence-electron chi connectivity index (χ4n) is 2.29. The van der Waals surface area contributed by atoms with Gasteiger partial charge in [0, 0.05) is 17.6 Å². The van der Waals surface area contributed by atoms with Crippen molar-refractivity contribution in [1.29, 1.82) is 0 Å². The molecule has 3 nitrogen and oxygen atoms in total. The van der Waals surface area contributed by atoms with Crippen molar-refractivity contribution >= 4 is 11.6 Å². The average molecular weight is 306 g/mol. The molecule has 2 aromatic rings. The third-order valence-electron chi connectivity index (χ3n) is 3.27. The number of hydrogen-bond donors (Lipinski definition) is 1. The molecule has 0 saturated carbocycles. The monoisotopic (exact) mass is 305 g/mol. The molecule has 112 valence electrons. The van der Waals surface area contributed by atoms with E-state index in [9.17, 15) is 5.11 Å². The Bertz CT molecular complexity index is 574. The molecule has 0 bridgehead atoms. The van der Waals surface area contributed by atoms with E-state index in [1.54, 1.807) is 12.4 Å². The van der Waals surface area contributed by atoms with Crippen LogP contribution in [0, 0.1) is 0 Å². The average Bonchev–Trinajstić information content (AvgIpc) is 2.48. The summed E-state index contributed by atoms with van der Waals surface area (Å²) in [5, 5.41) is 11.1. The number of hydrogen-bond acceptors (Lipinski definition) is 3. The molecule has 0 amide bonds. The van der Waals surface area contributed by atoms with Crippen molar-refractivity contribution < 1.29 is 9.84 Å². The van der Waals surface area contributed by atoms with Gasteiger partial charge in [-0.1, -0.05) is 30.3 Å². The molecule has 1 unspecified atom stereocenters. The molecule has 0 aliphatic rings. The van der Waals surface area contributed by atoms with E-state index in [0.29, 0.717) is 23.6 Å². The van der Waals surface area contributed by atoms with Crippen LogP contribution < -0.4 is 4.74 Å². The highest BCUT2D eigenvalue weighted by Gasteiger charge is 2.31. The summed E-state index contributed by atoms with van der Waals surface area (Å²) in [5.74, 6) is 0.993. The molecule has 1 aromatic carbocycles. The molecular formula is C17H20ClNO2. The molecule has 4 heteroatoms. The topological polar surface area (TPSA) is 42.4 Å². The Labute approximate surface area is 130 Å². The molecule has 1 N–H and O–H groups in total. The Balaban J connectivity index is 2.43. The predicted octanol–water partition coefficient (Wildman–Crippen LogP) is 3.73. The number of alkyl halides is 1. The quantitative estimate of drug-likeness (QED) is 0.827. The van der Waals surface area contributed by atoms with Crippen molar-refractivity contribution in [2.75, 3.05) is 5.88 Å². The van der Waals surface area contributed by atoms with E-state index in [0.717, 1.165) is 5.56 Å². The van der Waals surface area contributed by atoms with Gasteiger partial charge in [-0.3, -0.25) is 4.98 Å². The standard InChI is InChI=1S/C17H20ClNO2/c1-13(2)21-16-10-15(11-19-12-16)17(20,8-9-18)14-6-4-3-5-7-14/h3-7,10-13,20H,8-9H2,1-2H3. The maximum Gasteiger partial charge on any atom is 0.138 e. The van der Waals surface area contributed by atoms with Crippen molar-refractivity contribution in [3.05, 3.63) is 59.9 Å². The maximum atomic E-state index is 11.1. The molecule has 1 heterocycles. The molecular weight excluding hydrogens is 286 g/mol. The third kappa shape index (κ3) is 3.74. The lowest BCUT2D eigenvalue weighted by atomic mass is 9.85. The van der Waals surface area contributed by atoms with Crippen LogP contribution in [0.5, 0.6) is 5.75 Å². The summed E-state index contributed by atoms with van der Waals surface area (Å²) in [6.45, 7) is 3.91. The summed E-state index contributed by atoms with van der Waals surface area (Å²) in [7, 11) is 0. The van der Waals surface area contributed by atoms with Gasteiger partial charge in [0.05, 0.1) is 12.3 Å². The third-order valence-corrected chi connectivity index (χ3v) is 3.46. The fraction of sp³-hybridized carbons (Fsp3) is 0.353. The van der Waals surface area contributed by atoms with Crippen molar-refractivity contribution in [1.82, 2.24) is 4.98 Å². The van der Waals surface area contributed by atoms with Crippen LogP contribution in [0.2, 0.25) is 0 Å². The molecule has 2 rings (SSSR count). The first kappa shape index (κ1) is 15.8. The van der Waals surface area contributed by atoms with Crippen molar-refractivity contribution in [2.45, 2.75) is 32.0 Å². The smallest absolute Gasteiger partial charge is 0.138 e. The first-order chi connectivity index (χ1) is 10.1. The number of halogens is 1. The van der Waals surface area contributed by atoms with E-state index in [1.165, 1.54) is 0 Å². The molecule has 1 atom stereocenters. The summed E-state index contributed by atoms with van der Waals surface area (Å²) in [4.78, 5) is 4.18. The van der Waals surface area contributed by atoms with E-state index in [1.807, 2.05) is 50.2 Å². The largest absolute Gasteiger partial charge is 0.489 e. The Kier molecular flexibility index (Phi) is 5.21. The highest BCUT2D eigenvalue weighted by atomic mass is 35.5.